The summed E-state index contributed by atoms with van der Waals surface area (Å²) < 4.78 is 5.38. The van der Waals surface area contributed by atoms with E-state index in [9.17, 15) is 4.79 Å². The van der Waals surface area contributed by atoms with E-state index in [4.69, 9.17) is 9.84 Å². The number of carbonyl (C=O) groups excluding carboxylic acids is 1. The first-order chi connectivity index (χ1) is 8.81. The van der Waals surface area contributed by atoms with Crippen molar-refractivity contribution in [2.45, 2.75) is 39.2 Å². The number of ether oxygens (including phenoxy) is 1. The van der Waals surface area contributed by atoms with Gasteiger partial charge in [-0.25, -0.2) is 4.79 Å². The maximum atomic E-state index is 11.9. The zero-order valence-electron chi connectivity index (χ0n) is 12.7. The molecule has 1 amide bonds. The Bertz CT molecular complexity index is 289. The third-order valence-electron chi connectivity index (χ3n) is 3.21. The molecule has 1 heterocycles. The van der Waals surface area contributed by atoms with Gasteiger partial charge in [0.1, 0.15) is 5.60 Å². The Labute approximate surface area is 116 Å². The average molecular weight is 272 g/mol. The van der Waals surface area contributed by atoms with Crippen LogP contribution >= 0.6 is 0 Å². The van der Waals surface area contributed by atoms with Gasteiger partial charge in [-0.15, -0.1) is 0 Å². The quantitative estimate of drug-likeness (QED) is 0.825. The fourth-order valence-corrected chi connectivity index (χ4v) is 2.35. The van der Waals surface area contributed by atoms with Crippen molar-refractivity contribution in [3.05, 3.63) is 0 Å². The molecule has 0 aromatic rings. The van der Waals surface area contributed by atoms with Crippen LogP contribution in [0.5, 0.6) is 0 Å². The molecule has 1 saturated heterocycles. The molecule has 0 bridgehead atoms. The molecule has 0 aliphatic carbocycles. The molecule has 0 aromatic heterocycles. The van der Waals surface area contributed by atoms with Gasteiger partial charge in [0, 0.05) is 32.8 Å². The Morgan fingerprint density at radius 2 is 2.16 bits per heavy atom. The standard InChI is InChI=1S/C14H28N2O3/c1-14(2,3)19-13(18)16-8-6-12(11-16)10-15(4)7-5-9-17/h12,17H,5-11H2,1-4H3. The van der Waals surface area contributed by atoms with Gasteiger partial charge in [0.25, 0.3) is 0 Å². The van der Waals surface area contributed by atoms with Crippen molar-refractivity contribution >= 4 is 6.09 Å². The SMILES string of the molecule is CN(CCCO)CC1CCN(C(=O)OC(C)(C)C)C1. The van der Waals surface area contributed by atoms with Gasteiger partial charge >= 0.3 is 6.09 Å². The summed E-state index contributed by atoms with van der Waals surface area (Å²) in [5.41, 5.74) is -0.424. The van der Waals surface area contributed by atoms with Gasteiger partial charge in [-0.3, -0.25) is 0 Å². The van der Waals surface area contributed by atoms with Gasteiger partial charge in [-0.2, -0.15) is 0 Å². The molecule has 0 radical (unpaired) electrons. The summed E-state index contributed by atoms with van der Waals surface area (Å²) in [5.74, 6) is 0.510. The second-order valence-corrected chi connectivity index (χ2v) is 6.42. The zero-order valence-corrected chi connectivity index (χ0v) is 12.7. The fraction of sp³-hybridized carbons (Fsp3) is 0.929. The molecule has 0 saturated carbocycles. The normalized spacial score (nSPS) is 20.1. The summed E-state index contributed by atoms with van der Waals surface area (Å²) in [6, 6.07) is 0. The van der Waals surface area contributed by atoms with Crippen molar-refractivity contribution in [1.29, 1.82) is 0 Å². The van der Waals surface area contributed by atoms with E-state index >= 15 is 0 Å². The Morgan fingerprint density at radius 1 is 1.47 bits per heavy atom. The first-order valence-electron chi connectivity index (χ1n) is 7.09. The van der Waals surface area contributed by atoms with E-state index in [0.29, 0.717) is 5.92 Å². The Morgan fingerprint density at radius 3 is 2.74 bits per heavy atom. The molecule has 19 heavy (non-hydrogen) atoms. The van der Waals surface area contributed by atoms with Crippen LogP contribution in [0.2, 0.25) is 0 Å². The molecule has 1 unspecified atom stereocenters. The van der Waals surface area contributed by atoms with Crippen molar-refractivity contribution in [1.82, 2.24) is 9.80 Å². The number of likely N-dealkylation sites (tertiary alicyclic amines) is 1. The number of nitrogens with zero attached hydrogens (tertiary/aromatic N) is 2. The van der Waals surface area contributed by atoms with Crippen LogP contribution in [0.4, 0.5) is 4.79 Å². The highest BCUT2D eigenvalue weighted by atomic mass is 16.6. The molecule has 5 heteroatoms. The summed E-state index contributed by atoms with van der Waals surface area (Å²) in [5, 5.41) is 8.80. The minimum Gasteiger partial charge on any atom is -0.444 e. The lowest BCUT2D eigenvalue weighted by Crippen LogP contribution is -2.36. The maximum absolute atomic E-state index is 11.9. The van der Waals surface area contributed by atoms with Crippen LogP contribution < -0.4 is 0 Å². The molecule has 1 fully saturated rings. The van der Waals surface area contributed by atoms with Crippen molar-refractivity contribution in [2.24, 2.45) is 5.92 Å². The van der Waals surface area contributed by atoms with E-state index in [0.717, 1.165) is 39.0 Å². The van der Waals surface area contributed by atoms with Gasteiger partial charge in [0.15, 0.2) is 0 Å². The number of rotatable bonds is 5. The minimum atomic E-state index is -0.424. The van der Waals surface area contributed by atoms with E-state index in [1.165, 1.54) is 0 Å². The van der Waals surface area contributed by atoms with Crippen LogP contribution in [0, 0.1) is 5.92 Å². The molecule has 1 atom stereocenters. The van der Waals surface area contributed by atoms with Gasteiger partial charge in [-0.1, -0.05) is 0 Å². The molecule has 1 rings (SSSR count). The predicted octanol–water partition coefficient (Wildman–Crippen LogP) is 1.56. The third-order valence-corrected chi connectivity index (χ3v) is 3.21. The van der Waals surface area contributed by atoms with Crippen LogP contribution in [0.3, 0.4) is 0 Å². The summed E-state index contributed by atoms with van der Waals surface area (Å²) in [4.78, 5) is 15.9. The van der Waals surface area contributed by atoms with Gasteiger partial charge in [-0.05, 0) is 46.6 Å². The van der Waals surface area contributed by atoms with E-state index in [2.05, 4.69) is 11.9 Å². The second-order valence-electron chi connectivity index (χ2n) is 6.42. The number of hydrogen-bond donors (Lipinski definition) is 1. The summed E-state index contributed by atoms with van der Waals surface area (Å²) >= 11 is 0. The highest BCUT2D eigenvalue weighted by molar-refractivity contribution is 5.68. The van der Waals surface area contributed by atoms with E-state index in [1.54, 1.807) is 4.90 Å². The van der Waals surface area contributed by atoms with E-state index < -0.39 is 5.60 Å². The van der Waals surface area contributed by atoms with Crippen LogP contribution in [0.25, 0.3) is 0 Å². The molecule has 1 aliphatic rings. The first-order valence-corrected chi connectivity index (χ1v) is 7.09. The lowest BCUT2D eigenvalue weighted by Gasteiger charge is -2.25. The highest BCUT2D eigenvalue weighted by Gasteiger charge is 2.30. The van der Waals surface area contributed by atoms with Crippen molar-refractivity contribution in [2.75, 3.05) is 39.8 Å². The molecule has 5 nitrogen and oxygen atoms in total. The lowest BCUT2D eigenvalue weighted by molar-refractivity contribution is 0.0286. The molecule has 1 aliphatic heterocycles. The minimum absolute atomic E-state index is 0.201. The average Bonchev–Trinajstić information content (AvgIpc) is 2.72. The van der Waals surface area contributed by atoms with Crippen molar-refractivity contribution in [3.8, 4) is 0 Å². The van der Waals surface area contributed by atoms with Crippen molar-refractivity contribution < 1.29 is 14.6 Å². The summed E-state index contributed by atoms with van der Waals surface area (Å²) in [7, 11) is 2.06. The largest absolute Gasteiger partial charge is 0.444 e. The zero-order chi connectivity index (χ0) is 14.5. The van der Waals surface area contributed by atoms with Crippen LogP contribution in [-0.4, -0.2) is 66.4 Å². The van der Waals surface area contributed by atoms with Crippen LogP contribution in [0.1, 0.15) is 33.6 Å². The van der Waals surface area contributed by atoms with Gasteiger partial charge in [0.2, 0.25) is 0 Å². The molecule has 112 valence electrons. The molecule has 1 N–H and O–H groups in total. The molecular formula is C14H28N2O3. The number of aliphatic hydroxyl groups is 1. The fourth-order valence-electron chi connectivity index (χ4n) is 2.35. The second kappa shape index (κ2) is 7.10. The smallest absolute Gasteiger partial charge is 0.410 e. The van der Waals surface area contributed by atoms with Crippen LogP contribution in [0.15, 0.2) is 0 Å². The van der Waals surface area contributed by atoms with Crippen LogP contribution in [-0.2, 0) is 4.74 Å². The number of amides is 1. The number of hydrogen-bond acceptors (Lipinski definition) is 4. The summed E-state index contributed by atoms with van der Waals surface area (Å²) in [6.07, 6.45) is 1.63. The Balaban J connectivity index is 2.31. The molecule has 0 aromatic carbocycles. The Kier molecular flexibility index (Phi) is 6.07. The van der Waals surface area contributed by atoms with E-state index in [1.807, 2.05) is 20.8 Å². The van der Waals surface area contributed by atoms with Crippen molar-refractivity contribution in [3.63, 3.8) is 0 Å². The highest BCUT2D eigenvalue weighted by Crippen LogP contribution is 2.20. The number of aliphatic hydroxyl groups excluding tert-OH is 1. The van der Waals surface area contributed by atoms with Gasteiger partial charge < -0.3 is 19.6 Å². The third kappa shape index (κ3) is 6.25. The first kappa shape index (κ1) is 16.2. The topological polar surface area (TPSA) is 53.0 Å². The molecular weight excluding hydrogens is 244 g/mol. The predicted molar refractivity (Wildman–Crippen MR) is 75.1 cm³/mol. The summed E-state index contributed by atoms with van der Waals surface area (Å²) in [6.45, 7) is 9.34. The number of carbonyl (C=O) groups is 1. The Hall–Kier alpha value is -0.810. The maximum Gasteiger partial charge on any atom is 0.410 e. The van der Waals surface area contributed by atoms with E-state index in [-0.39, 0.29) is 12.7 Å². The monoisotopic (exact) mass is 272 g/mol. The lowest BCUT2D eigenvalue weighted by atomic mass is 10.1. The molecule has 0 spiro atoms. The van der Waals surface area contributed by atoms with Gasteiger partial charge in [0.05, 0.1) is 0 Å².